The van der Waals surface area contributed by atoms with Gasteiger partial charge >= 0.3 is 0 Å². The van der Waals surface area contributed by atoms with Gasteiger partial charge in [0.1, 0.15) is 17.1 Å². The fraction of sp³-hybridized carbons (Fsp3) is 0.211. The highest BCUT2D eigenvalue weighted by Gasteiger charge is 2.25. The molecule has 0 fully saturated rings. The summed E-state index contributed by atoms with van der Waals surface area (Å²) < 4.78 is 27.3. The van der Waals surface area contributed by atoms with Crippen LogP contribution in [-0.4, -0.2) is 15.0 Å². The third-order valence-corrected chi connectivity index (χ3v) is 7.00. The van der Waals surface area contributed by atoms with Gasteiger partial charge in [-0.15, -0.1) is 11.3 Å². The first-order chi connectivity index (χ1) is 12.5. The van der Waals surface area contributed by atoms with Crippen LogP contribution in [0.2, 0.25) is 0 Å². The molecule has 2 heterocycles. The fourth-order valence-electron chi connectivity index (χ4n) is 2.72. The lowest BCUT2D eigenvalue weighted by Crippen LogP contribution is -2.31. The van der Waals surface area contributed by atoms with E-state index >= 15 is 0 Å². The topological polar surface area (TPSA) is 63.6 Å². The second kappa shape index (κ2) is 7.88. The van der Waals surface area contributed by atoms with Crippen molar-refractivity contribution >= 4 is 32.9 Å². The van der Waals surface area contributed by atoms with Crippen LogP contribution in [0, 0.1) is 0 Å². The van der Waals surface area contributed by atoms with Gasteiger partial charge in [0.05, 0.1) is 5.69 Å². The van der Waals surface area contributed by atoms with Crippen LogP contribution in [0.1, 0.15) is 24.8 Å². The van der Waals surface area contributed by atoms with Crippen LogP contribution in [0.5, 0.6) is 0 Å². The van der Waals surface area contributed by atoms with Crippen molar-refractivity contribution in [3.63, 3.8) is 0 Å². The molecule has 136 valence electrons. The molecule has 0 aliphatic heterocycles. The van der Waals surface area contributed by atoms with Crippen LogP contribution in [0.15, 0.2) is 71.1 Å². The summed E-state index contributed by atoms with van der Waals surface area (Å²) in [6, 6.07) is 16.7. The summed E-state index contributed by atoms with van der Waals surface area (Å²) in [5, 5.41) is 5.38. The number of nitrogens with one attached hydrogen (secondary N) is 2. The first kappa shape index (κ1) is 18.4. The number of aromatic amines is 1. The molecule has 26 heavy (non-hydrogen) atoms. The number of pyridine rings is 1. The molecule has 1 aromatic carbocycles. The summed E-state index contributed by atoms with van der Waals surface area (Å²) in [5.74, 6) is 0.771. The maximum Gasteiger partial charge on any atom is 0.272 e. The summed E-state index contributed by atoms with van der Waals surface area (Å²) in [4.78, 5) is 4.51. The molecule has 0 spiro atoms. The van der Waals surface area contributed by atoms with Crippen LogP contribution in [0.3, 0.4) is 0 Å². The molecule has 0 radical (unpaired) electrons. The number of hydrogen-bond acceptors (Lipinski definition) is 4. The third-order valence-electron chi connectivity index (χ3n) is 4.05. The molecule has 5 nitrogen and oxygen atoms in total. The molecule has 3 aromatic rings. The van der Waals surface area contributed by atoms with Gasteiger partial charge in [-0.1, -0.05) is 24.3 Å². The van der Waals surface area contributed by atoms with Crippen LogP contribution >= 0.6 is 11.3 Å². The van der Waals surface area contributed by atoms with E-state index in [-0.39, 0.29) is 10.9 Å². The molecule has 0 saturated heterocycles. The highest BCUT2D eigenvalue weighted by molar-refractivity contribution is 7.92. The zero-order valence-corrected chi connectivity index (χ0v) is 16.3. The van der Waals surface area contributed by atoms with Gasteiger partial charge in [0.2, 0.25) is 0 Å². The average Bonchev–Trinajstić information content (AvgIpc) is 3.18. The lowest BCUT2D eigenvalue weighted by atomic mass is 10.3. The minimum Gasteiger partial charge on any atom is -0.267 e. The zero-order valence-electron chi connectivity index (χ0n) is 14.7. The summed E-state index contributed by atoms with van der Waals surface area (Å²) in [6.45, 7) is 4.26. The van der Waals surface area contributed by atoms with Crippen molar-refractivity contribution in [2.24, 2.45) is 0 Å². The van der Waals surface area contributed by atoms with Crippen molar-refractivity contribution < 1.29 is 13.4 Å². The number of benzene rings is 1. The molecule has 3 rings (SSSR count). The molecule has 0 aliphatic carbocycles. The first-order valence-corrected chi connectivity index (χ1v) is 10.7. The third kappa shape index (κ3) is 3.89. The monoisotopic (exact) mass is 388 g/mol. The number of para-hydroxylation sites is 1. The first-order valence-electron chi connectivity index (χ1n) is 8.42. The van der Waals surface area contributed by atoms with E-state index in [2.05, 4.69) is 23.3 Å². The molecule has 7 heteroatoms. The second-order valence-corrected chi connectivity index (χ2v) is 8.67. The van der Waals surface area contributed by atoms with Crippen LogP contribution in [0.4, 0.5) is 11.5 Å². The van der Waals surface area contributed by atoms with Gasteiger partial charge in [-0.25, -0.2) is 13.4 Å². The standard InChI is InChI=1S/C19H21N3O2S2/c1-3-22(16-8-5-4-6-9-16)26(23,24)17-11-12-19(20-14-17)21-15(2)18-10-7-13-25-18/h4-15H,3H2,1-2H3,(H,20,21)/p+1/t15-/m0/s1. The molecule has 1 atom stereocenters. The molecule has 2 N–H and O–H groups in total. The quantitative estimate of drug-likeness (QED) is 0.666. The Labute approximate surface area is 158 Å². The van der Waals surface area contributed by atoms with Crippen molar-refractivity contribution in [3.8, 4) is 0 Å². The molecule has 0 saturated carbocycles. The molecular weight excluding hydrogens is 366 g/mol. The van der Waals surface area contributed by atoms with Gasteiger partial charge in [-0.05, 0) is 43.5 Å². The minimum absolute atomic E-state index is 0.144. The van der Waals surface area contributed by atoms with Gasteiger partial charge in [0.15, 0.2) is 0 Å². The highest BCUT2D eigenvalue weighted by atomic mass is 32.2. The largest absolute Gasteiger partial charge is 0.272 e. The summed E-state index contributed by atoms with van der Waals surface area (Å²) >= 11 is 1.68. The predicted molar refractivity (Wildman–Crippen MR) is 106 cm³/mol. The molecular formula is C19H22N3O2S2+. The molecule has 0 unspecified atom stereocenters. The second-order valence-electron chi connectivity index (χ2n) is 5.82. The summed E-state index contributed by atoms with van der Waals surface area (Å²) in [5.41, 5.74) is 0.656. The van der Waals surface area contributed by atoms with Gasteiger partial charge in [-0.3, -0.25) is 9.62 Å². The van der Waals surface area contributed by atoms with E-state index in [4.69, 9.17) is 0 Å². The number of hydrogen-bond donors (Lipinski definition) is 1. The minimum atomic E-state index is -3.62. The highest BCUT2D eigenvalue weighted by Crippen LogP contribution is 2.24. The van der Waals surface area contributed by atoms with Crippen molar-refractivity contribution in [2.75, 3.05) is 16.2 Å². The Morgan fingerprint density at radius 2 is 1.88 bits per heavy atom. The summed E-state index contributed by atoms with van der Waals surface area (Å²) in [6.07, 6.45) is 1.53. The van der Waals surface area contributed by atoms with Gasteiger partial charge in [0.25, 0.3) is 15.8 Å². The van der Waals surface area contributed by atoms with Gasteiger partial charge in [0, 0.05) is 17.5 Å². The number of sulfonamides is 1. The molecule has 2 aromatic heterocycles. The van der Waals surface area contributed by atoms with Crippen LogP contribution < -0.4 is 14.6 Å². The van der Waals surface area contributed by atoms with Crippen molar-refractivity contribution in [3.05, 3.63) is 71.1 Å². The van der Waals surface area contributed by atoms with Crippen molar-refractivity contribution in [2.45, 2.75) is 24.8 Å². The Morgan fingerprint density at radius 3 is 2.46 bits per heavy atom. The smallest absolute Gasteiger partial charge is 0.267 e. The van der Waals surface area contributed by atoms with E-state index < -0.39 is 10.0 Å². The Hall–Kier alpha value is -2.38. The predicted octanol–water partition coefficient (Wildman–Crippen LogP) is 3.95. The van der Waals surface area contributed by atoms with E-state index in [0.717, 1.165) is 5.82 Å². The van der Waals surface area contributed by atoms with E-state index in [9.17, 15) is 8.42 Å². The Balaban J connectivity index is 1.80. The fourth-order valence-corrected chi connectivity index (χ4v) is 4.89. The SMILES string of the molecule is CCN(c1ccccc1)S(=O)(=O)c1ccc(N[C@@H](C)c2cccs2)[nH+]c1. The number of thiophene rings is 1. The lowest BCUT2D eigenvalue weighted by Gasteiger charge is -2.22. The Kier molecular flexibility index (Phi) is 5.58. The molecule has 0 amide bonds. The number of H-pyrrole nitrogens is 1. The molecule has 0 aliphatic rings. The summed E-state index contributed by atoms with van der Waals surface area (Å²) in [7, 11) is -3.62. The molecule has 0 bridgehead atoms. The van der Waals surface area contributed by atoms with Gasteiger partial charge in [-0.2, -0.15) is 0 Å². The Bertz CT molecular complexity index is 925. The number of aromatic nitrogens is 1. The van der Waals surface area contributed by atoms with Gasteiger partial charge < -0.3 is 0 Å². The number of rotatable bonds is 7. The zero-order chi connectivity index (χ0) is 18.6. The average molecular weight is 389 g/mol. The van der Waals surface area contributed by atoms with E-state index in [1.54, 1.807) is 35.6 Å². The number of anilines is 2. The van der Waals surface area contributed by atoms with E-state index in [0.29, 0.717) is 12.2 Å². The van der Waals surface area contributed by atoms with Crippen LogP contribution in [-0.2, 0) is 10.0 Å². The Morgan fingerprint density at radius 1 is 1.12 bits per heavy atom. The van der Waals surface area contributed by atoms with E-state index in [1.807, 2.05) is 36.6 Å². The van der Waals surface area contributed by atoms with Crippen molar-refractivity contribution in [1.29, 1.82) is 0 Å². The normalized spacial score (nSPS) is 12.5. The lowest BCUT2D eigenvalue weighted by molar-refractivity contribution is -0.364. The van der Waals surface area contributed by atoms with Crippen molar-refractivity contribution in [1.82, 2.24) is 0 Å². The number of nitrogens with zero attached hydrogens (tertiary/aromatic N) is 1. The maximum absolute atomic E-state index is 13.0. The van der Waals surface area contributed by atoms with Crippen LogP contribution in [0.25, 0.3) is 0 Å². The van der Waals surface area contributed by atoms with E-state index in [1.165, 1.54) is 15.4 Å². The maximum atomic E-state index is 13.0.